The van der Waals surface area contributed by atoms with E-state index in [0.717, 1.165) is 31.5 Å². The lowest BCUT2D eigenvalue weighted by atomic mass is 10.1. The van der Waals surface area contributed by atoms with Crippen molar-refractivity contribution in [2.45, 2.75) is 25.0 Å². The van der Waals surface area contributed by atoms with Gasteiger partial charge < -0.3 is 15.4 Å². The molecule has 0 aliphatic carbocycles. The zero-order valence-electron chi connectivity index (χ0n) is 13.8. The number of nitrogens with one attached hydrogen (secondary N) is 2. The van der Waals surface area contributed by atoms with Crippen LogP contribution in [-0.4, -0.2) is 47.6 Å². The van der Waals surface area contributed by atoms with E-state index in [2.05, 4.69) is 20.9 Å². The molecule has 0 spiro atoms. The van der Waals surface area contributed by atoms with Crippen LogP contribution in [0.4, 0.5) is 0 Å². The molecular formula is C17H23N5O2. The second kappa shape index (κ2) is 8.03. The van der Waals surface area contributed by atoms with E-state index in [0.29, 0.717) is 18.3 Å². The number of methoxy groups -OCH3 is 1. The highest BCUT2D eigenvalue weighted by Crippen LogP contribution is 2.17. The van der Waals surface area contributed by atoms with Gasteiger partial charge in [0.25, 0.3) is 5.91 Å². The van der Waals surface area contributed by atoms with Crippen LogP contribution in [0.5, 0.6) is 0 Å². The van der Waals surface area contributed by atoms with Gasteiger partial charge in [-0.3, -0.25) is 4.79 Å². The number of ether oxygens (including phenoxy) is 1. The number of benzene rings is 1. The van der Waals surface area contributed by atoms with Crippen molar-refractivity contribution in [1.82, 2.24) is 25.6 Å². The Hall–Kier alpha value is -2.25. The maximum Gasteiger partial charge on any atom is 0.273 e. The van der Waals surface area contributed by atoms with E-state index in [1.54, 1.807) is 18.0 Å². The normalized spacial score (nSPS) is 16.7. The Labute approximate surface area is 141 Å². The fraction of sp³-hybridized carbons (Fsp3) is 0.471. The minimum atomic E-state index is -0.229. The minimum absolute atomic E-state index is 0.186. The molecule has 0 radical (unpaired) electrons. The van der Waals surface area contributed by atoms with Crippen molar-refractivity contribution >= 4 is 5.91 Å². The zero-order valence-corrected chi connectivity index (χ0v) is 13.8. The molecule has 0 saturated carbocycles. The standard InChI is InChI=1S/C17H23N5O2/c1-24-16(13-5-3-2-4-6-13)11-19-17(23)15-12-22(21-20-15)14-7-9-18-10-8-14/h2-6,12,14,16,18H,7-11H2,1H3,(H,19,23). The monoisotopic (exact) mass is 329 g/mol. The number of piperidine rings is 1. The molecule has 0 bridgehead atoms. The first-order valence-corrected chi connectivity index (χ1v) is 8.26. The van der Waals surface area contributed by atoms with Gasteiger partial charge in [-0.2, -0.15) is 0 Å². The van der Waals surface area contributed by atoms with Gasteiger partial charge in [0.05, 0.1) is 18.3 Å². The molecule has 1 aromatic carbocycles. The van der Waals surface area contributed by atoms with Crippen molar-refractivity contribution < 1.29 is 9.53 Å². The van der Waals surface area contributed by atoms with Crippen LogP contribution in [0.2, 0.25) is 0 Å². The first kappa shape index (κ1) is 16.6. The van der Waals surface area contributed by atoms with Gasteiger partial charge in [0, 0.05) is 13.7 Å². The largest absolute Gasteiger partial charge is 0.375 e. The third kappa shape index (κ3) is 3.98. The topological polar surface area (TPSA) is 81.1 Å². The predicted molar refractivity (Wildman–Crippen MR) is 89.7 cm³/mol. The van der Waals surface area contributed by atoms with Crippen LogP contribution in [-0.2, 0) is 4.74 Å². The quantitative estimate of drug-likeness (QED) is 0.835. The fourth-order valence-corrected chi connectivity index (χ4v) is 2.91. The molecule has 128 valence electrons. The van der Waals surface area contributed by atoms with Gasteiger partial charge in [-0.25, -0.2) is 4.68 Å². The maximum atomic E-state index is 12.3. The molecule has 1 aliphatic rings. The Morgan fingerprint density at radius 1 is 1.38 bits per heavy atom. The fourth-order valence-electron chi connectivity index (χ4n) is 2.91. The molecule has 2 aromatic rings. The summed E-state index contributed by atoms with van der Waals surface area (Å²) >= 11 is 0. The van der Waals surface area contributed by atoms with E-state index >= 15 is 0 Å². The molecule has 24 heavy (non-hydrogen) atoms. The summed E-state index contributed by atoms with van der Waals surface area (Å²) in [6.07, 6.45) is 3.55. The SMILES string of the molecule is COC(CNC(=O)c1cn(C2CCNCC2)nn1)c1ccccc1. The number of nitrogens with zero attached hydrogens (tertiary/aromatic N) is 3. The van der Waals surface area contributed by atoms with E-state index in [4.69, 9.17) is 4.74 Å². The van der Waals surface area contributed by atoms with Crippen LogP contribution >= 0.6 is 0 Å². The number of hydrogen-bond donors (Lipinski definition) is 2. The summed E-state index contributed by atoms with van der Waals surface area (Å²) in [4.78, 5) is 12.3. The van der Waals surface area contributed by atoms with Crippen LogP contribution in [0.25, 0.3) is 0 Å². The summed E-state index contributed by atoms with van der Waals surface area (Å²) in [6.45, 7) is 2.33. The molecule has 1 amide bonds. The smallest absolute Gasteiger partial charge is 0.273 e. The van der Waals surface area contributed by atoms with Crippen LogP contribution in [0.15, 0.2) is 36.5 Å². The Morgan fingerprint density at radius 2 is 2.12 bits per heavy atom. The summed E-state index contributed by atoms with van der Waals surface area (Å²) in [5.74, 6) is -0.229. The van der Waals surface area contributed by atoms with Crippen molar-refractivity contribution in [3.8, 4) is 0 Å². The van der Waals surface area contributed by atoms with Crippen LogP contribution in [0.3, 0.4) is 0 Å². The molecule has 1 fully saturated rings. The molecule has 2 heterocycles. The number of amides is 1. The lowest BCUT2D eigenvalue weighted by molar-refractivity contribution is 0.0824. The molecule has 7 nitrogen and oxygen atoms in total. The third-order valence-corrected chi connectivity index (χ3v) is 4.33. The summed E-state index contributed by atoms with van der Waals surface area (Å²) in [7, 11) is 1.64. The Morgan fingerprint density at radius 3 is 2.83 bits per heavy atom. The second-order valence-electron chi connectivity index (χ2n) is 5.91. The molecular weight excluding hydrogens is 306 g/mol. The first-order valence-electron chi connectivity index (χ1n) is 8.26. The molecule has 1 unspecified atom stereocenters. The van der Waals surface area contributed by atoms with E-state index in [1.165, 1.54) is 0 Å². The van der Waals surface area contributed by atoms with Gasteiger partial charge in [-0.1, -0.05) is 35.5 Å². The van der Waals surface area contributed by atoms with Crippen molar-refractivity contribution in [3.05, 3.63) is 47.8 Å². The van der Waals surface area contributed by atoms with Crippen molar-refractivity contribution in [2.75, 3.05) is 26.7 Å². The van der Waals surface area contributed by atoms with Crippen LogP contribution in [0.1, 0.15) is 41.0 Å². The minimum Gasteiger partial charge on any atom is -0.375 e. The maximum absolute atomic E-state index is 12.3. The van der Waals surface area contributed by atoms with Gasteiger partial charge in [-0.15, -0.1) is 5.10 Å². The predicted octanol–water partition coefficient (Wildman–Crippen LogP) is 1.32. The average molecular weight is 329 g/mol. The van der Waals surface area contributed by atoms with Gasteiger partial charge in [0.1, 0.15) is 0 Å². The molecule has 1 saturated heterocycles. The van der Waals surface area contributed by atoms with Gasteiger partial charge in [-0.05, 0) is 31.5 Å². The number of carbonyl (C=O) groups is 1. The average Bonchev–Trinajstić information content (AvgIpc) is 3.14. The van der Waals surface area contributed by atoms with E-state index < -0.39 is 0 Å². The molecule has 3 rings (SSSR count). The highest BCUT2D eigenvalue weighted by molar-refractivity contribution is 5.91. The number of aromatic nitrogens is 3. The van der Waals surface area contributed by atoms with Gasteiger partial charge >= 0.3 is 0 Å². The Balaban J connectivity index is 1.57. The summed E-state index contributed by atoms with van der Waals surface area (Å²) < 4.78 is 7.27. The van der Waals surface area contributed by atoms with E-state index in [9.17, 15) is 4.79 Å². The second-order valence-corrected chi connectivity index (χ2v) is 5.91. The highest BCUT2D eigenvalue weighted by Gasteiger charge is 2.19. The first-order chi connectivity index (χ1) is 11.8. The zero-order chi connectivity index (χ0) is 16.8. The summed E-state index contributed by atoms with van der Waals surface area (Å²) in [6, 6.07) is 10.1. The number of rotatable bonds is 6. The Bertz CT molecular complexity index is 652. The highest BCUT2D eigenvalue weighted by atomic mass is 16.5. The Kier molecular flexibility index (Phi) is 5.55. The van der Waals surface area contributed by atoms with Crippen molar-refractivity contribution in [1.29, 1.82) is 0 Å². The lowest BCUT2D eigenvalue weighted by Crippen LogP contribution is -2.30. The lowest BCUT2D eigenvalue weighted by Gasteiger charge is -2.22. The van der Waals surface area contributed by atoms with Crippen LogP contribution < -0.4 is 10.6 Å². The van der Waals surface area contributed by atoms with Crippen LogP contribution in [0, 0.1) is 0 Å². The number of carbonyl (C=O) groups excluding carboxylic acids is 1. The van der Waals surface area contributed by atoms with Gasteiger partial charge in [0.2, 0.25) is 0 Å². The molecule has 1 aliphatic heterocycles. The number of hydrogen-bond acceptors (Lipinski definition) is 5. The van der Waals surface area contributed by atoms with Gasteiger partial charge in [0.15, 0.2) is 5.69 Å². The molecule has 1 aromatic heterocycles. The van der Waals surface area contributed by atoms with E-state index in [-0.39, 0.29) is 12.0 Å². The van der Waals surface area contributed by atoms with E-state index in [1.807, 2.05) is 30.3 Å². The molecule has 2 N–H and O–H groups in total. The summed E-state index contributed by atoms with van der Waals surface area (Å²) in [5, 5.41) is 14.3. The van der Waals surface area contributed by atoms with Crippen molar-refractivity contribution in [2.24, 2.45) is 0 Å². The molecule has 7 heteroatoms. The van der Waals surface area contributed by atoms with Crippen molar-refractivity contribution in [3.63, 3.8) is 0 Å². The third-order valence-electron chi connectivity index (χ3n) is 4.33. The molecule has 1 atom stereocenters. The summed E-state index contributed by atoms with van der Waals surface area (Å²) in [5.41, 5.74) is 1.37.